The van der Waals surface area contributed by atoms with Crippen molar-refractivity contribution in [2.24, 2.45) is 11.8 Å². The molecule has 6 nitrogen and oxygen atoms in total. The summed E-state index contributed by atoms with van der Waals surface area (Å²) in [4.78, 5) is 23.3. The molecule has 2 heterocycles. The average molecular weight is 464 g/mol. The highest BCUT2D eigenvalue weighted by Crippen LogP contribution is 2.33. The molecule has 0 bridgehead atoms. The molecule has 182 valence electrons. The van der Waals surface area contributed by atoms with Gasteiger partial charge in [0.15, 0.2) is 0 Å². The number of allylic oxidation sites excluding steroid dienone is 2. The van der Waals surface area contributed by atoms with E-state index in [2.05, 4.69) is 53.0 Å². The van der Waals surface area contributed by atoms with E-state index >= 15 is 0 Å². The molecular weight excluding hydrogens is 426 g/mol. The number of esters is 1. The standard InChI is InChI=1S/C28H37N3O3/c1-4-21-17-29-28(30-18-21)31-14-12-22(13-15-31)19-34-26-11-10-25(16-20(26)3)23-6-8-24(9-7-23)27(32)33-5-2/h6,10-11,16-18,22,24H,4-5,7-9,12-15,19H2,1-3H3. The molecule has 4 rings (SSSR count). The maximum Gasteiger partial charge on any atom is 0.309 e. The molecule has 2 aromatic rings. The number of benzene rings is 1. The number of ether oxygens (including phenoxy) is 2. The van der Waals surface area contributed by atoms with Gasteiger partial charge in [0, 0.05) is 25.5 Å². The number of piperidine rings is 1. The maximum atomic E-state index is 12.0. The Bertz CT molecular complexity index is 994. The van der Waals surface area contributed by atoms with Crippen LogP contribution in [0.4, 0.5) is 5.95 Å². The topological polar surface area (TPSA) is 64.6 Å². The van der Waals surface area contributed by atoms with Gasteiger partial charge in [-0.3, -0.25) is 4.79 Å². The molecule has 1 unspecified atom stereocenters. The van der Waals surface area contributed by atoms with Crippen LogP contribution in [-0.2, 0) is 16.0 Å². The van der Waals surface area contributed by atoms with Gasteiger partial charge in [-0.05, 0) is 92.7 Å². The van der Waals surface area contributed by atoms with Crippen LogP contribution in [0, 0.1) is 18.8 Å². The molecule has 1 saturated heterocycles. The summed E-state index contributed by atoms with van der Waals surface area (Å²) in [5.41, 5.74) is 4.88. The Morgan fingerprint density at radius 2 is 1.88 bits per heavy atom. The molecule has 34 heavy (non-hydrogen) atoms. The summed E-state index contributed by atoms with van der Waals surface area (Å²) in [6.45, 7) is 9.23. The maximum absolute atomic E-state index is 12.0. The van der Waals surface area contributed by atoms with Crippen molar-refractivity contribution < 1.29 is 14.3 Å². The van der Waals surface area contributed by atoms with E-state index in [9.17, 15) is 4.79 Å². The SMILES string of the molecule is CCOC(=O)C1CC=C(c2ccc(OCC3CCN(c4ncc(CC)cn4)CC3)c(C)c2)CC1. The molecular formula is C28H37N3O3. The first kappa shape index (κ1) is 24.2. The van der Waals surface area contributed by atoms with Crippen LogP contribution < -0.4 is 9.64 Å². The van der Waals surface area contributed by atoms with Crippen LogP contribution in [0.15, 0.2) is 36.7 Å². The first-order chi connectivity index (χ1) is 16.6. The van der Waals surface area contributed by atoms with Gasteiger partial charge >= 0.3 is 5.97 Å². The second kappa shape index (κ2) is 11.5. The fourth-order valence-corrected chi connectivity index (χ4v) is 4.78. The molecule has 0 radical (unpaired) electrons. The second-order valence-electron chi connectivity index (χ2n) is 9.42. The van der Waals surface area contributed by atoms with Crippen molar-refractivity contribution >= 4 is 17.5 Å². The monoisotopic (exact) mass is 463 g/mol. The number of anilines is 1. The summed E-state index contributed by atoms with van der Waals surface area (Å²) in [5, 5.41) is 0. The minimum Gasteiger partial charge on any atom is -0.493 e. The number of rotatable bonds is 8. The highest BCUT2D eigenvalue weighted by molar-refractivity contribution is 5.76. The Hall–Kier alpha value is -2.89. The van der Waals surface area contributed by atoms with E-state index in [4.69, 9.17) is 9.47 Å². The van der Waals surface area contributed by atoms with E-state index in [-0.39, 0.29) is 11.9 Å². The number of aryl methyl sites for hydroxylation is 2. The van der Waals surface area contributed by atoms with E-state index in [1.165, 1.54) is 16.7 Å². The predicted octanol–water partition coefficient (Wildman–Crippen LogP) is 5.39. The minimum absolute atomic E-state index is 0.00101. The molecule has 6 heteroatoms. The minimum atomic E-state index is -0.0644. The van der Waals surface area contributed by atoms with Gasteiger partial charge in [-0.1, -0.05) is 19.1 Å². The Kier molecular flexibility index (Phi) is 8.20. The number of carbonyl (C=O) groups excluding carboxylic acids is 1. The zero-order valence-electron chi connectivity index (χ0n) is 20.8. The van der Waals surface area contributed by atoms with E-state index in [0.717, 1.165) is 75.5 Å². The molecule has 1 fully saturated rings. The van der Waals surface area contributed by atoms with Gasteiger partial charge in [0.1, 0.15) is 5.75 Å². The highest BCUT2D eigenvalue weighted by Gasteiger charge is 2.24. The number of hydrogen-bond acceptors (Lipinski definition) is 6. The fraction of sp³-hybridized carbons (Fsp3) is 0.536. The molecule has 0 amide bonds. The van der Waals surface area contributed by atoms with Gasteiger partial charge < -0.3 is 14.4 Å². The molecule has 1 aromatic carbocycles. The zero-order chi connectivity index (χ0) is 23.9. The summed E-state index contributed by atoms with van der Waals surface area (Å²) < 4.78 is 11.4. The fourth-order valence-electron chi connectivity index (χ4n) is 4.78. The molecule has 1 aliphatic carbocycles. The Morgan fingerprint density at radius 1 is 1.12 bits per heavy atom. The molecule has 1 aliphatic heterocycles. The van der Waals surface area contributed by atoms with E-state index < -0.39 is 0 Å². The number of nitrogens with zero attached hydrogens (tertiary/aromatic N) is 3. The number of aromatic nitrogens is 2. The van der Waals surface area contributed by atoms with Crippen molar-refractivity contribution in [3.05, 3.63) is 53.4 Å². The van der Waals surface area contributed by atoms with Gasteiger partial charge in [0.05, 0.1) is 19.1 Å². The lowest BCUT2D eigenvalue weighted by Crippen LogP contribution is -2.36. The van der Waals surface area contributed by atoms with Crippen molar-refractivity contribution in [1.82, 2.24) is 9.97 Å². The van der Waals surface area contributed by atoms with Gasteiger partial charge in [-0.15, -0.1) is 0 Å². The molecule has 0 N–H and O–H groups in total. The molecule has 1 aromatic heterocycles. The zero-order valence-corrected chi connectivity index (χ0v) is 20.8. The predicted molar refractivity (Wildman–Crippen MR) is 135 cm³/mol. The van der Waals surface area contributed by atoms with Gasteiger partial charge in [-0.25, -0.2) is 9.97 Å². The smallest absolute Gasteiger partial charge is 0.309 e. The van der Waals surface area contributed by atoms with Gasteiger partial charge in [-0.2, -0.15) is 0 Å². The Morgan fingerprint density at radius 3 is 2.50 bits per heavy atom. The summed E-state index contributed by atoms with van der Waals surface area (Å²) in [6.07, 6.45) is 11.7. The normalized spacial score (nSPS) is 19.0. The van der Waals surface area contributed by atoms with Crippen LogP contribution in [0.2, 0.25) is 0 Å². The molecule has 1 atom stereocenters. The van der Waals surface area contributed by atoms with Crippen molar-refractivity contribution in [2.75, 3.05) is 31.2 Å². The van der Waals surface area contributed by atoms with Crippen LogP contribution in [0.3, 0.4) is 0 Å². The third-order valence-electron chi connectivity index (χ3n) is 7.05. The van der Waals surface area contributed by atoms with Crippen molar-refractivity contribution in [1.29, 1.82) is 0 Å². The lowest BCUT2D eigenvalue weighted by molar-refractivity contribution is -0.148. The Balaban J connectivity index is 1.26. The third-order valence-corrected chi connectivity index (χ3v) is 7.05. The van der Waals surface area contributed by atoms with Crippen LogP contribution >= 0.6 is 0 Å². The van der Waals surface area contributed by atoms with Gasteiger partial charge in [0.25, 0.3) is 0 Å². The van der Waals surface area contributed by atoms with Crippen molar-refractivity contribution in [2.45, 2.75) is 59.3 Å². The van der Waals surface area contributed by atoms with Crippen molar-refractivity contribution in [3.63, 3.8) is 0 Å². The quantitative estimate of drug-likeness (QED) is 0.489. The summed E-state index contributed by atoms with van der Waals surface area (Å²) >= 11 is 0. The number of carbonyl (C=O) groups is 1. The summed E-state index contributed by atoms with van der Waals surface area (Å²) in [5.74, 6) is 2.29. The Labute approximate surface area is 203 Å². The summed E-state index contributed by atoms with van der Waals surface area (Å²) in [7, 11) is 0. The summed E-state index contributed by atoms with van der Waals surface area (Å²) in [6, 6.07) is 6.46. The van der Waals surface area contributed by atoms with Crippen LogP contribution in [0.1, 0.15) is 62.6 Å². The first-order valence-corrected chi connectivity index (χ1v) is 12.7. The van der Waals surface area contributed by atoms with E-state index in [0.29, 0.717) is 12.5 Å². The molecule has 2 aliphatic rings. The number of hydrogen-bond donors (Lipinski definition) is 0. The van der Waals surface area contributed by atoms with Crippen molar-refractivity contribution in [3.8, 4) is 5.75 Å². The van der Waals surface area contributed by atoms with E-state index in [1.807, 2.05) is 19.3 Å². The molecule has 0 saturated carbocycles. The van der Waals surface area contributed by atoms with Crippen LogP contribution in [-0.4, -0.2) is 42.2 Å². The molecule has 0 spiro atoms. The van der Waals surface area contributed by atoms with Crippen LogP contribution in [0.25, 0.3) is 5.57 Å². The van der Waals surface area contributed by atoms with E-state index in [1.54, 1.807) is 0 Å². The largest absolute Gasteiger partial charge is 0.493 e. The first-order valence-electron chi connectivity index (χ1n) is 12.7. The third kappa shape index (κ3) is 5.96. The average Bonchev–Trinajstić information content (AvgIpc) is 2.88. The second-order valence-corrected chi connectivity index (χ2v) is 9.42. The van der Waals surface area contributed by atoms with Gasteiger partial charge in [0.2, 0.25) is 5.95 Å². The lowest BCUT2D eigenvalue weighted by Gasteiger charge is -2.32. The highest BCUT2D eigenvalue weighted by atomic mass is 16.5. The van der Waals surface area contributed by atoms with Crippen LogP contribution in [0.5, 0.6) is 5.75 Å². The lowest BCUT2D eigenvalue weighted by atomic mass is 9.86.